The Balaban J connectivity index is 2.74. The predicted molar refractivity (Wildman–Crippen MR) is 67.5 cm³/mol. The van der Waals surface area contributed by atoms with Gasteiger partial charge in [-0.25, -0.2) is 13.1 Å². The highest BCUT2D eigenvalue weighted by atomic mass is 32.2. The van der Waals surface area contributed by atoms with Gasteiger partial charge in [0.15, 0.2) is 0 Å². The minimum absolute atomic E-state index is 0.00461. The fourth-order valence-electron chi connectivity index (χ4n) is 1.49. The van der Waals surface area contributed by atoms with Crippen LogP contribution in [0.15, 0.2) is 16.3 Å². The molecular formula is C10H15F3N2O2S2. The summed E-state index contributed by atoms with van der Waals surface area (Å²) in [7, 11) is -3.90. The summed E-state index contributed by atoms with van der Waals surface area (Å²) in [4.78, 5) is 0.784. The van der Waals surface area contributed by atoms with Gasteiger partial charge in [0, 0.05) is 10.9 Å². The summed E-state index contributed by atoms with van der Waals surface area (Å²) in [5.41, 5.74) is 5.35. The Labute approximate surface area is 113 Å². The van der Waals surface area contributed by atoms with Gasteiger partial charge in [0.25, 0.3) is 0 Å². The van der Waals surface area contributed by atoms with Crippen LogP contribution in [0, 0.1) is 0 Å². The standard InChI is InChI=1S/C10H15F3N2O2S2/c1-7(6-10(11,12)13)15-19(16,17)9-3-2-8(18-9)4-5-14/h2-3,7,15H,4-6,14H2,1H3. The second-order valence-corrected chi connectivity index (χ2v) is 7.21. The van der Waals surface area contributed by atoms with E-state index in [9.17, 15) is 21.6 Å². The molecule has 0 aliphatic heterocycles. The van der Waals surface area contributed by atoms with Crippen LogP contribution in [0.1, 0.15) is 18.2 Å². The zero-order valence-electron chi connectivity index (χ0n) is 10.2. The number of rotatable bonds is 6. The molecule has 1 aromatic heterocycles. The van der Waals surface area contributed by atoms with Crippen LogP contribution >= 0.6 is 11.3 Å². The maximum absolute atomic E-state index is 12.1. The lowest BCUT2D eigenvalue weighted by Crippen LogP contribution is -2.35. The summed E-state index contributed by atoms with van der Waals surface area (Å²) < 4.78 is 62.1. The first-order valence-corrected chi connectivity index (χ1v) is 7.82. The van der Waals surface area contributed by atoms with Crippen molar-refractivity contribution in [1.82, 2.24) is 4.72 Å². The maximum atomic E-state index is 12.1. The van der Waals surface area contributed by atoms with Crippen LogP contribution in [0.3, 0.4) is 0 Å². The topological polar surface area (TPSA) is 72.2 Å². The number of halogens is 3. The van der Waals surface area contributed by atoms with Crippen molar-refractivity contribution in [3.8, 4) is 0 Å². The van der Waals surface area contributed by atoms with Crippen LogP contribution in [-0.2, 0) is 16.4 Å². The molecule has 0 radical (unpaired) electrons. The van der Waals surface area contributed by atoms with Gasteiger partial charge in [0.1, 0.15) is 4.21 Å². The van der Waals surface area contributed by atoms with Gasteiger partial charge in [0.05, 0.1) is 6.42 Å². The summed E-state index contributed by atoms with van der Waals surface area (Å²) in [5, 5.41) is 0. The van der Waals surface area contributed by atoms with Gasteiger partial charge >= 0.3 is 6.18 Å². The molecule has 110 valence electrons. The van der Waals surface area contributed by atoms with Crippen LogP contribution in [0.5, 0.6) is 0 Å². The van der Waals surface area contributed by atoms with Crippen molar-refractivity contribution in [1.29, 1.82) is 0 Å². The molecule has 4 nitrogen and oxygen atoms in total. The summed E-state index contributed by atoms with van der Waals surface area (Å²) in [6, 6.07) is 1.78. The molecule has 19 heavy (non-hydrogen) atoms. The molecule has 3 N–H and O–H groups in total. The number of nitrogens with one attached hydrogen (secondary N) is 1. The average molecular weight is 316 g/mol. The van der Waals surface area contributed by atoms with Crippen molar-refractivity contribution in [2.45, 2.75) is 36.2 Å². The van der Waals surface area contributed by atoms with Crippen molar-refractivity contribution in [2.24, 2.45) is 5.73 Å². The number of alkyl halides is 3. The van der Waals surface area contributed by atoms with Gasteiger partial charge in [-0.2, -0.15) is 13.2 Å². The Hall–Kier alpha value is -0.640. The molecular weight excluding hydrogens is 301 g/mol. The number of nitrogens with two attached hydrogens (primary N) is 1. The average Bonchev–Trinajstić information content (AvgIpc) is 2.63. The van der Waals surface area contributed by atoms with Gasteiger partial charge < -0.3 is 5.73 Å². The van der Waals surface area contributed by atoms with Crippen LogP contribution < -0.4 is 10.5 Å². The van der Waals surface area contributed by atoms with Crippen molar-refractivity contribution >= 4 is 21.4 Å². The van der Waals surface area contributed by atoms with Crippen LogP contribution in [0.25, 0.3) is 0 Å². The summed E-state index contributed by atoms with van der Waals surface area (Å²) in [5.74, 6) is 0. The lowest BCUT2D eigenvalue weighted by atomic mass is 10.2. The van der Waals surface area contributed by atoms with E-state index < -0.39 is 28.7 Å². The SMILES string of the molecule is CC(CC(F)(F)F)NS(=O)(=O)c1ccc(CCN)s1. The Bertz CT molecular complexity index is 511. The zero-order valence-corrected chi connectivity index (χ0v) is 11.8. The molecule has 0 amide bonds. The lowest BCUT2D eigenvalue weighted by molar-refractivity contribution is -0.137. The van der Waals surface area contributed by atoms with Crippen LogP contribution in [-0.4, -0.2) is 27.2 Å². The number of hydrogen-bond donors (Lipinski definition) is 2. The summed E-state index contributed by atoms with van der Waals surface area (Å²) in [6.45, 7) is 1.57. The second kappa shape index (κ2) is 6.21. The zero-order chi connectivity index (χ0) is 14.7. The van der Waals surface area contributed by atoms with E-state index >= 15 is 0 Å². The van der Waals surface area contributed by atoms with Gasteiger partial charge in [0.2, 0.25) is 10.0 Å². The predicted octanol–water partition coefficient (Wildman–Crippen LogP) is 1.87. The van der Waals surface area contributed by atoms with E-state index in [0.717, 1.165) is 16.2 Å². The Kier molecular flexibility index (Phi) is 5.36. The molecule has 1 heterocycles. The fourth-order valence-corrected chi connectivity index (χ4v) is 4.12. The fraction of sp³-hybridized carbons (Fsp3) is 0.600. The molecule has 0 aliphatic rings. The van der Waals surface area contributed by atoms with E-state index in [4.69, 9.17) is 5.73 Å². The van der Waals surface area contributed by atoms with Crippen LogP contribution in [0.2, 0.25) is 0 Å². The molecule has 0 saturated heterocycles. The first-order valence-electron chi connectivity index (χ1n) is 5.52. The van der Waals surface area contributed by atoms with Gasteiger partial charge in [-0.15, -0.1) is 11.3 Å². The van der Waals surface area contributed by atoms with Crippen molar-refractivity contribution in [2.75, 3.05) is 6.54 Å². The highest BCUT2D eigenvalue weighted by molar-refractivity contribution is 7.91. The van der Waals surface area contributed by atoms with Crippen molar-refractivity contribution in [3.05, 3.63) is 17.0 Å². The van der Waals surface area contributed by atoms with Gasteiger partial charge in [-0.1, -0.05) is 0 Å². The quantitative estimate of drug-likeness (QED) is 0.841. The summed E-state index contributed by atoms with van der Waals surface area (Å²) >= 11 is 1.01. The first-order chi connectivity index (χ1) is 8.64. The molecule has 0 spiro atoms. The number of sulfonamides is 1. The largest absolute Gasteiger partial charge is 0.390 e. The third kappa shape index (κ3) is 5.47. The van der Waals surface area contributed by atoms with E-state index in [0.29, 0.717) is 13.0 Å². The highest BCUT2D eigenvalue weighted by Crippen LogP contribution is 2.25. The lowest BCUT2D eigenvalue weighted by Gasteiger charge is -2.15. The maximum Gasteiger partial charge on any atom is 0.390 e. The van der Waals surface area contributed by atoms with Crippen molar-refractivity contribution in [3.63, 3.8) is 0 Å². The first kappa shape index (κ1) is 16.4. The minimum Gasteiger partial charge on any atom is -0.330 e. The number of thiophene rings is 1. The van der Waals surface area contributed by atoms with Gasteiger partial charge in [-0.05, 0) is 32.0 Å². The monoisotopic (exact) mass is 316 g/mol. The molecule has 0 aliphatic carbocycles. The smallest absolute Gasteiger partial charge is 0.330 e. The third-order valence-electron chi connectivity index (χ3n) is 2.19. The molecule has 1 rings (SSSR count). The molecule has 1 atom stereocenters. The second-order valence-electron chi connectivity index (χ2n) is 4.10. The van der Waals surface area contributed by atoms with Crippen molar-refractivity contribution < 1.29 is 21.6 Å². The molecule has 0 saturated carbocycles. The van der Waals surface area contributed by atoms with E-state index in [-0.39, 0.29) is 4.21 Å². The summed E-state index contributed by atoms with van der Waals surface area (Å²) in [6.07, 6.45) is -5.06. The molecule has 1 aromatic rings. The Morgan fingerprint density at radius 1 is 1.42 bits per heavy atom. The number of hydrogen-bond acceptors (Lipinski definition) is 4. The normalized spacial score (nSPS) is 14.6. The highest BCUT2D eigenvalue weighted by Gasteiger charge is 2.32. The molecule has 9 heteroatoms. The van der Waals surface area contributed by atoms with E-state index in [1.165, 1.54) is 13.0 Å². The molecule has 0 bridgehead atoms. The molecule has 1 unspecified atom stereocenters. The Morgan fingerprint density at radius 2 is 2.05 bits per heavy atom. The minimum atomic E-state index is -4.40. The molecule has 0 fully saturated rings. The van der Waals surface area contributed by atoms with Crippen LogP contribution in [0.4, 0.5) is 13.2 Å². The van der Waals surface area contributed by atoms with E-state index in [1.807, 2.05) is 4.72 Å². The third-order valence-corrected chi connectivity index (χ3v) is 5.41. The van der Waals surface area contributed by atoms with E-state index in [2.05, 4.69) is 0 Å². The Morgan fingerprint density at radius 3 is 2.58 bits per heavy atom. The van der Waals surface area contributed by atoms with Gasteiger partial charge in [-0.3, -0.25) is 0 Å². The molecule has 0 aromatic carbocycles. The van der Waals surface area contributed by atoms with E-state index in [1.54, 1.807) is 6.07 Å².